The molecule has 0 aliphatic carbocycles. The zero-order valence-electron chi connectivity index (χ0n) is 18.9. The van der Waals surface area contributed by atoms with Gasteiger partial charge in [-0.15, -0.1) is 0 Å². The van der Waals surface area contributed by atoms with Gasteiger partial charge in [-0.05, 0) is 38.9 Å². The van der Waals surface area contributed by atoms with Crippen LogP contribution in [-0.2, 0) is 23.4 Å². The maximum Gasteiger partial charge on any atom is 0.341 e. The molecule has 8 nitrogen and oxygen atoms in total. The van der Waals surface area contributed by atoms with Crippen molar-refractivity contribution < 1.29 is 28.2 Å². The molecule has 3 heterocycles. The topological polar surface area (TPSA) is 91.9 Å². The van der Waals surface area contributed by atoms with Gasteiger partial charge < -0.3 is 23.4 Å². The fourth-order valence-corrected chi connectivity index (χ4v) is 4.59. The molecule has 0 bridgehead atoms. The number of hydrogen-bond donors (Lipinski definition) is 1. The number of nitrogens with zero attached hydrogens (tertiary/aromatic N) is 1. The second kappa shape index (κ2) is 7.46. The van der Waals surface area contributed by atoms with Gasteiger partial charge in [0.25, 0.3) is 0 Å². The zero-order chi connectivity index (χ0) is 21.8. The average molecular weight is 427 g/mol. The summed E-state index contributed by atoms with van der Waals surface area (Å²) in [7, 11) is -0.602. The van der Waals surface area contributed by atoms with E-state index in [1.165, 1.54) is 7.11 Å². The normalized spacial score (nSPS) is 29.1. The fraction of sp³-hybridized carbons (Fsp3) is 0.800. The molecule has 0 unspecified atom stereocenters. The Balaban J connectivity index is 1.87. The summed E-state index contributed by atoms with van der Waals surface area (Å²) in [6.07, 6.45) is -1.50. The largest absolute Gasteiger partial charge is 0.465 e. The van der Waals surface area contributed by atoms with Crippen LogP contribution >= 0.6 is 0 Å². The van der Waals surface area contributed by atoms with Crippen molar-refractivity contribution in [3.63, 3.8) is 0 Å². The molecule has 2 aliphatic rings. The van der Waals surface area contributed by atoms with E-state index in [0.717, 1.165) is 0 Å². The predicted octanol–water partition coefficient (Wildman–Crippen LogP) is 3.49. The van der Waals surface area contributed by atoms with Crippen LogP contribution in [-0.4, -0.2) is 62.3 Å². The lowest BCUT2D eigenvalue weighted by Gasteiger charge is -2.37. The third-order valence-electron chi connectivity index (χ3n) is 6.21. The first-order valence-corrected chi connectivity index (χ1v) is 13.0. The summed E-state index contributed by atoms with van der Waals surface area (Å²) >= 11 is 0. The summed E-state index contributed by atoms with van der Waals surface area (Å²) in [4.78, 5) is 12.3. The number of H-pyrrole nitrogens is 1. The van der Waals surface area contributed by atoms with Crippen LogP contribution in [0, 0.1) is 6.92 Å². The second-order valence-corrected chi connectivity index (χ2v) is 14.6. The molecule has 0 amide bonds. The van der Waals surface area contributed by atoms with Crippen molar-refractivity contribution >= 4 is 14.3 Å². The number of carbonyl (C=O) groups is 1. The lowest BCUT2D eigenvalue weighted by molar-refractivity contribution is -0.191. The Bertz CT molecular complexity index is 770. The van der Waals surface area contributed by atoms with Crippen LogP contribution in [0.3, 0.4) is 0 Å². The van der Waals surface area contributed by atoms with Crippen LogP contribution in [0.25, 0.3) is 0 Å². The van der Waals surface area contributed by atoms with E-state index in [0.29, 0.717) is 23.6 Å². The van der Waals surface area contributed by atoms with Crippen LogP contribution in [0.2, 0.25) is 18.1 Å². The fourth-order valence-electron chi connectivity index (χ4n) is 3.57. The van der Waals surface area contributed by atoms with E-state index in [1.54, 1.807) is 6.92 Å². The van der Waals surface area contributed by atoms with Crippen molar-refractivity contribution in [1.29, 1.82) is 0 Å². The van der Waals surface area contributed by atoms with Crippen molar-refractivity contribution in [2.24, 2.45) is 0 Å². The molecule has 0 spiro atoms. The Morgan fingerprint density at radius 1 is 1.24 bits per heavy atom. The third kappa shape index (κ3) is 4.16. The van der Waals surface area contributed by atoms with Crippen LogP contribution in [0.15, 0.2) is 0 Å². The molecule has 29 heavy (non-hydrogen) atoms. The minimum absolute atomic E-state index is 0.0925. The maximum absolute atomic E-state index is 12.3. The lowest BCUT2D eigenvalue weighted by Crippen LogP contribution is -2.44. The number of hydrogen-bond acceptors (Lipinski definition) is 7. The molecule has 0 radical (unpaired) electrons. The molecular formula is C20H34N2O6Si. The number of aromatic amines is 1. The number of carbonyl (C=O) groups excluding carboxylic acids is 1. The molecule has 2 saturated heterocycles. The Hall–Kier alpha value is -1.26. The maximum atomic E-state index is 12.3. The van der Waals surface area contributed by atoms with E-state index in [1.807, 2.05) is 13.8 Å². The Kier molecular flexibility index (Phi) is 5.76. The van der Waals surface area contributed by atoms with Gasteiger partial charge in [0.2, 0.25) is 0 Å². The Labute approximate surface area is 173 Å². The first kappa shape index (κ1) is 22.4. The van der Waals surface area contributed by atoms with Crippen molar-refractivity contribution in [3.8, 4) is 0 Å². The van der Waals surface area contributed by atoms with Crippen LogP contribution in [0.1, 0.15) is 62.5 Å². The van der Waals surface area contributed by atoms with Crippen molar-refractivity contribution in [1.82, 2.24) is 10.2 Å². The predicted molar refractivity (Wildman–Crippen MR) is 109 cm³/mol. The number of methoxy groups -OCH3 is 1. The molecule has 164 valence electrons. The molecule has 3 rings (SSSR count). The molecule has 0 saturated carbocycles. The number of aromatic nitrogens is 2. The highest BCUT2D eigenvalue weighted by atomic mass is 28.4. The number of fused-ring (bicyclic) bond motifs is 1. The molecule has 1 aromatic heterocycles. The van der Waals surface area contributed by atoms with Crippen LogP contribution in [0.5, 0.6) is 0 Å². The van der Waals surface area contributed by atoms with Crippen molar-refractivity contribution in [2.75, 3.05) is 13.7 Å². The Morgan fingerprint density at radius 3 is 2.45 bits per heavy atom. The average Bonchev–Trinajstić information content (AvgIpc) is 3.22. The van der Waals surface area contributed by atoms with Gasteiger partial charge in [-0.25, -0.2) is 4.79 Å². The van der Waals surface area contributed by atoms with Crippen molar-refractivity contribution in [3.05, 3.63) is 17.0 Å². The minimum Gasteiger partial charge on any atom is -0.465 e. The van der Waals surface area contributed by atoms with Crippen LogP contribution in [0.4, 0.5) is 0 Å². The second-order valence-electron chi connectivity index (χ2n) is 9.82. The number of esters is 1. The van der Waals surface area contributed by atoms with E-state index < -0.39 is 26.2 Å². The van der Waals surface area contributed by atoms with E-state index in [2.05, 4.69) is 44.1 Å². The van der Waals surface area contributed by atoms with Crippen LogP contribution < -0.4 is 0 Å². The summed E-state index contributed by atoms with van der Waals surface area (Å²) < 4.78 is 30.0. The van der Waals surface area contributed by atoms with Gasteiger partial charge in [-0.2, -0.15) is 5.10 Å². The standard InChI is InChI=1S/C20H34N2O6Si/c1-11-13(18(23)24-7)14(22-21-11)16-17-15(27-20(5,6)28-17)12(26-16)10-25-29(8,9)19(2,3)4/h12,15-17H,10H2,1-9H3,(H,21,22)/t12-,15-,16+,17-/m1/s1. The van der Waals surface area contributed by atoms with Gasteiger partial charge in [0.1, 0.15) is 30.0 Å². The van der Waals surface area contributed by atoms with Crippen molar-refractivity contribution in [2.45, 2.75) is 89.9 Å². The SMILES string of the molecule is COC(=O)c1c(C)n[nH]c1[C@@H]1O[C@H](CO[Si](C)(C)C(C)(C)C)[C@H]2OC(C)(C)O[C@H]21. The minimum atomic E-state index is -1.95. The molecule has 1 aromatic rings. The quantitative estimate of drug-likeness (QED) is 0.569. The molecule has 4 atom stereocenters. The molecule has 2 fully saturated rings. The number of ether oxygens (including phenoxy) is 4. The molecule has 9 heteroatoms. The summed E-state index contributed by atoms with van der Waals surface area (Å²) in [6, 6.07) is 0. The molecule has 0 aromatic carbocycles. The first-order chi connectivity index (χ1) is 13.3. The summed E-state index contributed by atoms with van der Waals surface area (Å²) in [5, 5.41) is 7.23. The molecular weight excluding hydrogens is 392 g/mol. The highest BCUT2D eigenvalue weighted by Gasteiger charge is 2.57. The van der Waals surface area contributed by atoms with E-state index in [-0.39, 0.29) is 23.4 Å². The zero-order valence-corrected chi connectivity index (χ0v) is 19.9. The van der Waals surface area contributed by atoms with Gasteiger partial charge in [-0.1, -0.05) is 20.8 Å². The van der Waals surface area contributed by atoms with Gasteiger partial charge in [0.05, 0.1) is 25.1 Å². The number of nitrogens with one attached hydrogen (secondary N) is 1. The molecule has 1 N–H and O–H groups in total. The van der Waals surface area contributed by atoms with E-state index >= 15 is 0 Å². The number of aryl methyl sites for hydroxylation is 1. The summed E-state index contributed by atoms with van der Waals surface area (Å²) in [5.41, 5.74) is 1.50. The highest BCUT2D eigenvalue weighted by Crippen LogP contribution is 2.46. The molecule has 2 aliphatic heterocycles. The number of rotatable bonds is 5. The first-order valence-electron chi connectivity index (χ1n) is 10.1. The summed E-state index contributed by atoms with van der Waals surface area (Å²) in [5.74, 6) is -1.20. The smallest absolute Gasteiger partial charge is 0.341 e. The van der Waals surface area contributed by atoms with Gasteiger partial charge in [0, 0.05) is 0 Å². The van der Waals surface area contributed by atoms with E-state index in [9.17, 15) is 4.79 Å². The summed E-state index contributed by atoms with van der Waals surface area (Å²) in [6.45, 7) is 17.0. The monoisotopic (exact) mass is 426 g/mol. The lowest BCUT2D eigenvalue weighted by atomic mass is 10.0. The third-order valence-corrected chi connectivity index (χ3v) is 10.7. The van der Waals surface area contributed by atoms with Gasteiger partial charge in [0.15, 0.2) is 14.1 Å². The van der Waals surface area contributed by atoms with Gasteiger partial charge in [-0.3, -0.25) is 5.10 Å². The van der Waals surface area contributed by atoms with E-state index in [4.69, 9.17) is 23.4 Å². The Morgan fingerprint density at radius 2 is 1.86 bits per heavy atom. The van der Waals surface area contributed by atoms with Gasteiger partial charge >= 0.3 is 5.97 Å². The highest BCUT2D eigenvalue weighted by molar-refractivity contribution is 6.74.